The van der Waals surface area contributed by atoms with Gasteiger partial charge in [0.05, 0.1) is 13.2 Å². The molecule has 0 aromatic heterocycles. The van der Waals surface area contributed by atoms with Crippen LogP contribution < -0.4 is 5.32 Å². The maximum absolute atomic E-state index is 5.51. The Kier molecular flexibility index (Phi) is 12.0. The Labute approximate surface area is 129 Å². The van der Waals surface area contributed by atoms with E-state index in [-0.39, 0.29) is 24.0 Å². The molecule has 0 amide bonds. The van der Waals surface area contributed by atoms with Gasteiger partial charge in [0.2, 0.25) is 0 Å². The third kappa shape index (κ3) is 7.41. The smallest absolute Gasteiger partial charge is 0.193 e. The van der Waals surface area contributed by atoms with Crippen LogP contribution in [0.5, 0.6) is 0 Å². The van der Waals surface area contributed by atoms with Crippen LogP contribution in [-0.4, -0.2) is 50.3 Å². The molecule has 4 nitrogen and oxygen atoms in total. The van der Waals surface area contributed by atoms with Crippen LogP contribution in [0.1, 0.15) is 39.5 Å². The molecule has 0 aliphatic carbocycles. The fraction of sp³-hybridized carbons (Fsp3) is 0.923. The van der Waals surface area contributed by atoms with Gasteiger partial charge in [-0.15, -0.1) is 24.0 Å². The molecule has 0 spiro atoms. The van der Waals surface area contributed by atoms with E-state index in [9.17, 15) is 0 Å². The predicted molar refractivity (Wildman–Crippen MR) is 87.9 cm³/mol. The van der Waals surface area contributed by atoms with Crippen LogP contribution in [0.4, 0.5) is 0 Å². The van der Waals surface area contributed by atoms with E-state index in [2.05, 4.69) is 29.1 Å². The maximum atomic E-state index is 5.51. The van der Waals surface area contributed by atoms with Crippen molar-refractivity contribution in [2.75, 3.05) is 39.4 Å². The molecule has 0 aromatic rings. The van der Waals surface area contributed by atoms with Crippen LogP contribution in [0.25, 0.3) is 0 Å². The van der Waals surface area contributed by atoms with Crippen molar-refractivity contribution >= 4 is 29.9 Å². The number of nitrogens with zero attached hydrogens (tertiary/aromatic N) is 2. The Bertz CT molecular complexity index is 218. The van der Waals surface area contributed by atoms with E-state index in [4.69, 9.17) is 4.74 Å². The van der Waals surface area contributed by atoms with Crippen molar-refractivity contribution < 1.29 is 4.74 Å². The van der Waals surface area contributed by atoms with Gasteiger partial charge in [0.1, 0.15) is 0 Å². The zero-order chi connectivity index (χ0) is 12.3. The number of aliphatic imine (C=N–C) groups is 1. The highest BCUT2D eigenvalue weighted by Crippen LogP contribution is 2.07. The average Bonchev–Trinajstić information content (AvgIpc) is 2.86. The molecule has 1 rings (SSSR count). The molecule has 0 unspecified atom stereocenters. The van der Waals surface area contributed by atoms with Gasteiger partial charge >= 0.3 is 0 Å². The summed E-state index contributed by atoms with van der Waals surface area (Å²) in [6.45, 7) is 9.89. The number of nitrogens with one attached hydrogen (secondary N) is 1. The molecule has 18 heavy (non-hydrogen) atoms. The third-order valence-corrected chi connectivity index (χ3v) is 2.88. The van der Waals surface area contributed by atoms with Crippen molar-refractivity contribution in [2.45, 2.75) is 39.5 Å². The lowest BCUT2D eigenvalue weighted by Crippen LogP contribution is -2.39. The molecular weight excluding hydrogens is 341 g/mol. The van der Waals surface area contributed by atoms with Crippen molar-refractivity contribution in [3.63, 3.8) is 0 Å². The van der Waals surface area contributed by atoms with Gasteiger partial charge in [0.15, 0.2) is 5.96 Å². The SMILES string of the molecule is CCCCOCCN=C(NCC)N1CCCC1.I. The first kappa shape index (κ1) is 18.0. The minimum Gasteiger partial charge on any atom is -0.380 e. The molecule has 0 saturated carbocycles. The molecule has 1 N–H and O–H groups in total. The highest BCUT2D eigenvalue weighted by atomic mass is 127. The predicted octanol–water partition coefficient (Wildman–Crippen LogP) is 2.48. The minimum atomic E-state index is 0. The molecule has 108 valence electrons. The molecule has 0 bridgehead atoms. The lowest BCUT2D eigenvalue weighted by Gasteiger charge is -2.20. The number of likely N-dealkylation sites (tertiary alicyclic amines) is 1. The Hall–Kier alpha value is -0.0400. The normalized spacial score (nSPS) is 15.7. The summed E-state index contributed by atoms with van der Waals surface area (Å²) in [6, 6.07) is 0. The van der Waals surface area contributed by atoms with E-state index in [1.54, 1.807) is 0 Å². The zero-order valence-corrected chi connectivity index (χ0v) is 14.1. The second kappa shape index (κ2) is 12.0. The number of rotatable bonds is 7. The molecule has 1 saturated heterocycles. The molecule has 0 aromatic carbocycles. The van der Waals surface area contributed by atoms with Gasteiger partial charge in [-0.3, -0.25) is 4.99 Å². The first-order valence-electron chi connectivity index (χ1n) is 6.99. The van der Waals surface area contributed by atoms with Crippen molar-refractivity contribution in [1.82, 2.24) is 10.2 Å². The summed E-state index contributed by atoms with van der Waals surface area (Å²) >= 11 is 0. The summed E-state index contributed by atoms with van der Waals surface area (Å²) in [5, 5.41) is 3.35. The van der Waals surface area contributed by atoms with Crippen LogP contribution in [0.2, 0.25) is 0 Å². The average molecular weight is 369 g/mol. The third-order valence-electron chi connectivity index (χ3n) is 2.88. The summed E-state index contributed by atoms with van der Waals surface area (Å²) in [5.41, 5.74) is 0. The lowest BCUT2D eigenvalue weighted by molar-refractivity contribution is 0.138. The van der Waals surface area contributed by atoms with Crippen LogP contribution >= 0.6 is 24.0 Å². The minimum absolute atomic E-state index is 0. The number of halogens is 1. The van der Waals surface area contributed by atoms with Crippen molar-refractivity contribution in [3.05, 3.63) is 0 Å². The summed E-state index contributed by atoms with van der Waals surface area (Å²) in [5.74, 6) is 1.06. The Morgan fingerprint density at radius 1 is 1.22 bits per heavy atom. The standard InChI is InChI=1S/C13H27N3O.HI/c1-3-5-11-17-12-8-15-13(14-4-2)16-9-6-7-10-16;/h3-12H2,1-2H3,(H,14,15);1H. The van der Waals surface area contributed by atoms with E-state index >= 15 is 0 Å². The van der Waals surface area contributed by atoms with Crippen molar-refractivity contribution in [1.29, 1.82) is 0 Å². The largest absolute Gasteiger partial charge is 0.380 e. The quantitative estimate of drug-likeness (QED) is 0.324. The van der Waals surface area contributed by atoms with Crippen LogP contribution in [0.15, 0.2) is 4.99 Å². The molecule has 1 aliphatic heterocycles. The topological polar surface area (TPSA) is 36.9 Å². The highest BCUT2D eigenvalue weighted by Gasteiger charge is 2.14. The van der Waals surface area contributed by atoms with E-state index < -0.39 is 0 Å². The number of ether oxygens (including phenoxy) is 1. The molecule has 1 fully saturated rings. The van der Waals surface area contributed by atoms with Crippen LogP contribution in [-0.2, 0) is 4.74 Å². The van der Waals surface area contributed by atoms with E-state index in [1.807, 2.05) is 0 Å². The van der Waals surface area contributed by atoms with E-state index in [0.29, 0.717) is 0 Å². The molecule has 0 atom stereocenters. The van der Waals surface area contributed by atoms with E-state index in [0.717, 1.165) is 51.8 Å². The Balaban J connectivity index is 0.00000289. The number of guanidine groups is 1. The monoisotopic (exact) mass is 369 g/mol. The Morgan fingerprint density at radius 2 is 1.94 bits per heavy atom. The summed E-state index contributed by atoms with van der Waals surface area (Å²) in [6.07, 6.45) is 4.92. The molecule has 0 radical (unpaired) electrons. The fourth-order valence-electron chi connectivity index (χ4n) is 1.92. The first-order chi connectivity index (χ1) is 8.38. The van der Waals surface area contributed by atoms with Crippen LogP contribution in [0.3, 0.4) is 0 Å². The summed E-state index contributed by atoms with van der Waals surface area (Å²) in [4.78, 5) is 6.94. The van der Waals surface area contributed by atoms with Gasteiger partial charge < -0.3 is 15.0 Å². The Morgan fingerprint density at radius 3 is 2.56 bits per heavy atom. The van der Waals surface area contributed by atoms with Gasteiger partial charge in [-0.25, -0.2) is 0 Å². The summed E-state index contributed by atoms with van der Waals surface area (Å²) < 4.78 is 5.51. The number of hydrogen-bond acceptors (Lipinski definition) is 2. The number of hydrogen-bond donors (Lipinski definition) is 1. The second-order valence-electron chi connectivity index (χ2n) is 4.40. The fourth-order valence-corrected chi connectivity index (χ4v) is 1.92. The molecule has 1 heterocycles. The first-order valence-corrected chi connectivity index (χ1v) is 6.99. The van der Waals surface area contributed by atoms with Gasteiger partial charge in [-0.2, -0.15) is 0 Å². The molecule has 5 heteroatoms. The van der Waals surface area contributed by atoms with Gasteiger partial charge in [-0.05, 0) is 26.2 Å². The van der Waals surface area contributed by atoms with Crippen molar-refractivity contribution in [3.8, 4) is 0 Å². The van der Waals surface area contributed by atoms with Gasteiger partial charge in [0, 0.05) is 26.2 Å². The lowest BCUT2D eigenvalue weighted by atomic mass is 10.4. The number of unbranched alkanes of at least 4 members (excludes halogenated alkanes) is 1. The van der Waals surface area contributed by atoms with Crippen LogP contribution in [0, 0.1) is 0 Å². The zero-order valence-electron chi connectivity index (χ0n) is 11.8. The van der Waals surface area contributed by atoms with Gasteiger partial charge in [-0.1, -0.05) is 13.3 Å². The van der Waals surface area contributed by atoms with E-state index in [1.165, 1.54) is 19.3 Å². The molecular formula is C13H28IN3O. The highest BCUT2D eigenvalue weighted by molar-refractivity contribution is 14.0. The maximum Gasteiger partial charge on any atom is 0.193 e. The summed E-state index contributed by atoms with van der Waals surface area (Å²) in [7, 11) is 0. The van der Waals surface area contributed by atoms with Gasteiger partial charge in [0.25, 0.3) is 0 Å². The van der Waals surface area contributed by atoms with Crippen molar-refractivity contribution in [2.24, 2.45) is 4.99 Å². The molecule has 1 aliphatic rings. The second-order valence-corrected chi connectivity index (χ2v) is 4.40.